The van der Waals surface area contributed by atoms with E-state index in [0.717, 1.165) is 39.1 Å². The van der Waals surface area contributed by atoms with E-state index in [4.69, 9.17) is 0 Å². The van der Waals surface area contributed by atoms with E-state index >= 15 is 0 Å². The van der Waals surface area contributed by atoms with Gasteiger partial charge in [-0.2, -0.15) is 0 Å². The Morgan fingerprint density at radius 3 is 2.54 bits per heavy atom. The van der Waals surface area contributed by atoms with E-state index in [1.807, 2.05) is 23.9 Å². The molecular formula is C22H34N4O2. The standard InChI is InChI=1S/C22H34N4O2/c1-4-18-7-5-6-8-20(18)24-13-15-25(16-14-24)22(28)19-9-10-21(27)26(17-19)12-11-23(2)3/h5-8,19H,4,9-17H2,1-3H3/t19-/m1/s1. The molecular weight excluding hydrogens is 352 g/mol. The Kier molecular flexibility index (Phi) is 6.94. The molecule has 6 heteroatoms. The van der Waals surface area contributed by atoms with Gasteiger partial charge in [0.2, 0.25) is 11.8 Å². The lowest BCUT2D eigenvalue weighted by Crippen LogP contribution is -2.53. The fourth-order valence-corrected chi connectivity index (χ4v) is 4.20. The third kappa shape index (κ3) is 4.85. The highest BCUT2D eigenvalue weighted by molar-refractivity contribution is 5.84. The predicted octanol–water partition coefficient (Wildman–Crippen LogP) is 1.70. The molecule has 0 unspecified atom stereocenters. The average Bonchev–Trinajstić information content (AvgIpc) is 2.72. The molecule has 2 aliphatic rings. The summed E-state index contributed by atoms with van der Waals surface area (Å²) in [6.45, 7) is 7.57. The largest absolute Gasteiger partial charge is 0.368 e. The van der Waals surface area contributed by atoms with Crippen molar-refractivity contribution in [3.8, 4) is 0 Å². The third-order valence-electron chi connectivity index (χ3n) is 5.97. The average molecular weight is 387 g/mol. The van der Waals surface area contributed by atoms with Crippen molar-refractivity contribution in [2.45, 2.75) is 26.2 Å². The Morgan fingerprint density at radius 2 is 1.86 bits per heavy atom. The van der Waals surface area contributed by atoms with Crippen LogP contribution in [0, 0.1) is 5.92 Å². The molecule has 0 spiro atoms. The fourth-order valence-electron chi connectivity index (χ4n) is 4.20. The van der Waals surface area contributed by atoms with Crippen LogP contribution in [0.4, 0.5) is 5.69 Å². The quantitative estimate of drug-likeness (QED) is 0.747. The first-order valence-corrected chi connectivity index (χ1v) is 10.5. The molecule has 0 bridgehead atoms. The van der Waals surface area contributed by atoms with Crippen LogP contribution in [0.5, 0.6) is 0 Å². The molecule has 0 saturated carbocycles. The molecule has 3 rings (SSSR count). The van der Waals surface area contributed by atoms with Crippen molar-refractivity contribution in [2.75, 3.05) is 64.8 Å². The van der Waals surface area contributed by atoms with Crippen molar-refractivity contribution in [1.29, 1.82) is 0 Å². The highest BCUT2D eigenvalue weighted by atomic mass is 16.2. The minimum atomic E-state index is -0.0469. The van der Waals surface area contributed by atoms with Gasteiger partial charge in [0.1, 0.15) is 0 Å². The van der Waals surface area contributed by atoms with Crippen LogP contribution < -0.4 is 4.90 Å². The first kappa shape index (κ1) is 20.6. The lowest BCUT2D eigenvalue weighted by atomic mass is 9.95. The first-order valence-electron chi connectivity index (χ1n) is 10.5. The molecule has 28 heavy (non-hydrogen) atoms. The summed E-state index contributed by atoms with van der Waals surface area (Å²) in [5, 5.41) is 0. The minimum Gasteiger partial charge on any atom is -0.368 e. The Hall–Kier alpha value is -2.08. The Labute approximate surface area is 169 Å². The van der Waals surface area contributed by atoms with Gasteiger partial charge in [-0.05, 0) is 38.6 Å². The summed E-state index contributed by atoms with van der Waals surface area (Å²) in [4.78, 5) is 33.6. The van der Waals surface area contributed by atoms with Crippen LogP contribution in [-0.2, 0) is 16.0 Å². The molecule has 2 heterocycles. The second-order valence-corrected chi connectivity index (χ2v) is 8.17. The Bertz CT molecular complexity index is 683. The number of hydrogen-bond acceptors (Lipinski definition) is 4. The number of likely N-dealkylation sites (N-methyl/N-ethyl adjacent to an activating group) is 1. The van der Waals surface area contributed by atoms with Crippen LogP contribution in [0.3, 0.4) is 0 Å². The molecule has 1 aromatic rings. The van der Waals surface area contributed by atoms with Gasteiger partial charge in [0.15, 0.2) is 0 Å². The molecule has 0 N–H and O–H groups in total. The third-order valence-corrected chi connectivity index (χ3v) is 5.97. The van der Waals surface area contributed by atoms with Gasteiger partial charge in [0.25, 0.3) is 0 Å². The van der Waals surface area contributed by atoms with Gasteiger partial charge < -0.3 is 19.6 Å². The fraction of sp³-hybridized carbons (Fsp3) is 0.636. The summed E-state index contributed by atoms with van der Waals surface area (Å²) in [6.07, 6.45) is 2.21. The van der Waals surface area contributed by atoms with E-state index in [1.54, 1.807) is 0 Å². The van der Waals surface area contributed by atoms with Gasteiger partial charge in [0, 0.05) is 57.9 Å². The van der Waals surface area contributed by atoms with Crippen molar-refractivity contribution < 1.29 is 9.59 Å². The number of hydrogen-bond donors (Lipinski definition) is 0. The molecule has 0 aromatic heterocycles. The lowest BCUT2D eigenvalue weighted by molar-refractivity contribution is -0.143. The maximum Gasteiger partial charge on any atom is 0.227 e. The van der Waals surface area contributed by atoms with Crippen LogP contribution in [-0.4, -0.2) is 86.4 Å². The monoisotopic (exact) mass is 386 g/mol. The summed E-state index contributed by atoms with van der Waals surface area (Å²) in [7, 11) is 4.01. The number of rotatable bonds is 6. The normalized spacial score (nSPS) is 20.8. The molecule has 2 aliphatic heterocycles. The summed E-state index contributed by atoms with van der Waals surface area (Å²) in [5.41, 5.74) is 2.67. The second kappa shape index (κ2) is 9.41. The molecule has 154 valence electrons. The van der Waals surface area contributed by atoms with E-state index in [1.165, 1.54) is 11.3 Å². The van der Waals surface area contributed by atoms with Crippen LogP contribution in [0.25, 0.3) is 0 Å². The van der Waals surface area contributed by atoms with Crippen LogP contribution in [0.1, 0.15) is 25.3 Å². The Morgan fingerprint density at radius 1 is 1.14 bits per heavy atom. The Balaban J connectivity index is 1.55. The van der Waals surface area contributed by atoms with Crippen LogP contribution in [0.15, 0.2) is 24.3 Å². The van der Waals surface area contributed by atoms with Gasteiger partial charge in [-0.3, -0.25) is 9.59 Å². The second-order valence-electron chi connectivity index (χ2n) is 8.17. The van der Waals surface area contributed by atoms with Crippen molar-refractivity contribution in [1.82, 2.24) is 14.7 Å². The van der Waals surface area contributed by atoms with Crippen molar-refractivity contribution in [3.63, 3.8) is 0 Å². The topological polar surface area (TPSA) is 47.1 Å². The number of piperazine rings is 1. The number of para-hydroxylation sites is 1. The molecule has 2 saturated heterocycles. The number of benzene rings is 1. The van der Waals surface area contributed by atoms with Gasteiger partial charge in [-0.25, -0.2) is 0 Å². The number of carbonyl (C=O) groups is 2. The van der Waals surface area contributed by atoms with Crippen LogP contribution in [0.2, 0.25) is 0 Å². The van der Waals surface area contributed by atoms with Gasteiger partial charge in [-0.15, -0.1) is 0 Å². The SMILES string of the molecule is CCc1ccccc1N1CCN(C(=O)[C@@H]2CCC(=O)N(CCN(C)C)C2)CC1. The number of piperidine rings is 1. The predicted molar refractivity (Wildman–Crippen MR) is 112 cm³/mol. The van der Waals surface area contributed by atoms with Crippen molar-refractivity contribution >= 4 is 17.5 Å². The summed E-state index contributed by atoms with van der Waals surface area (Å²) < 4.78 is 0. The van der Waals surface area contributed by atoms with E-state index in [-0.39, 0.29) is 17.7 Å². The maximum absolute atomic E-state index is 13.1. The number of anilines is 1. The minimum absolute atomic E-state index is 0.0469. The van der Waals surface area contributed by atoms with Crippen molar-refractivity contribution in [2.24, 2.45) is 5.92 Å². The lowest BCUT2D eigenvalue weighted by Gasteiger charge is -2.40. The zero-order valence-electron chi connectivity index (χ0n) is 17.6. The number of likely N-dealkylation sites (tertiary alicyclic amines) is 1. The van der Waals surface area contributed by atoms with Gasteiger partial charge in [0.05, 0.1) is 5.92 Å². The molecule has 0 aliphatic carbocycles. The van der Waals surface area contributed by atoms with E-state index in [2.05, 4.69) is 41.0 Å². The smallest absolute Gasteiger partial charge is 0.227 e. The zero-order valence-corrected chi connectivity index (χ0v) is 17.6. The van der Waals surface area contributed by atoms with Gasteiger partial charge in [-0.1, -0.05) is 25.1 Å². The maximum atomic E-state index is 13.1. The molecule has 1 atom stereocenters. The summed E-state index contributed by atoms with van der Waals surface area (Å²) in [5.74, 6) is 0.368. The first-order chi connectivity index (χ1) is 13.5. The summed E-state index contributed by atoms with van der Waals surface area (Å²) >= 11 is 0. The number of nitrogens with zero attached hydrogens (tertiary/aromatic N) is 4. The summed E-state index contributed by atoms with van der Waals surface area (Å²) in [6, 6.07) is 8.56. The van der Waals surface area contributed by atoms with E-state index < -0.39 is 0 Å². The number of carbonyl (C=O) groups excluding carboxylic acids is 2. The molecule has 6 nitrogen and oxygen atoms in total. The van der Waals surface area contributed by atoms with E-state index in [0.29, 0.717) is 25.9 Å². The molecule has 0 radical (unpaired) electrons. The zero-order chi connectivity index (χ0) is 20.1. The van der Waals surface area contributed by atoms with Crippen LogP contribution >= 0.6 is 0 Å². The highest BCUT2D eigenvalue weighted by Crippen LogP contribution is 2.24. The highest BCUT2D eigenvalue weighted by Gasteiger charge is 2.33. The van der Waals surface area contributed by atoms with Gasteiger partial charge >= 0.3 is 0 Å². The molecule has 2 fully saturated rings. The molecule has 2 amide bonds. The molecule has 1 aromatic carbocycles. The van der Waals surface area contributed by atoms with Crippen molar-refractivity contribution in [3.05, 3.63) is 29.8 Å². The number of aryl methyl sites for hydroxylation is 1. The number of amides is 2. The van der Waals surface area contributed by atoms with E-state index in [9.17, 15) is 9.59 Å².